The minimum atomic E-state index is -0.642. The molecule has 5 heterocycles. The van der Waals surface area contributed by atoms with Crippen LogP contribution in [-0.4, -0.2) is 49.2 Å². The van der Waals surface area contributed by atoms with Crippen molar-refractivity contribution in [3.8, 4) is 11.3 Å². The van der Waals surface area contributed by atoms with Crippen LogP contribution >= 0.6 is 0 Å². The average molecular weight is 509 g/mol. The molecule has 0 amide bonds. The summed E-state index contributed by atoms with van der Waals surface area (Å²) in [6.07, 6.45) is 12.9. The Labute approximate surface area is 223 Å². The number of fused-ring (bicyclic) bond motifs is 3. The third kappa shape index (κ3) is 3.45. The highest BCUT2D eigenvalue weighted by Gasteiger charge is 2.48. The van der Waals surface area contributed by atoms with Crippen LogP contribution in [0.1, 0.15) is 74.1 Å². The van der Waals surface area contributed by atoms with Crippen molar-refractivity contribution in [2.75, 3.05) is 13.1 Å². The third-order valence-electron chi connectivity index (χ3n) is 10.2. The van der Waals surface area contributed by atoms with E-state index >= 15 is 0 Å². The molecule has 2 unspecified atom stereocenters. The molecule has 3 fully saturated rings. The Balaban J connectivity index is 1.03. The summed E-state index contributed by atoms with van der Waals surface area (Å²) in [5.41, 5.74) is 7.06. The van der Waals surface area contributed by atoms with Gasteiger partial charge >= 0.3 is 0 Å². The molecule has 4 aromatic rings. The van der Waals surface area contributed by atoms with E-state index in [1.54, 1.807) is 0 Å². The highest BCUT2D eigenvalue weighted by molar-refractivity contribution is 5.84. The summed E-state index contributed by atoms with van der Waals surface area (Å²) in [4.78, 5) is 10.4. The van der Waals surface area contributed by atoms with Gasteiger partial charge in [-0.15, -0.1) is 0 Å². The molecule has 7 heteroatoms. The fourth-order valence-electron chi connectivity index (χ4n) is 7.49. The number of rotatable bonds is 6. The van der Waals surface area contributed by atoms with Gasteiger partial charge in [-0.1, -0.05) is 36.8 Å². The normalized spacial score (nSPS) is 25.5. The molecule has 2 saturated carbocycles. The molecule has 7 nitrogen and oxygen atoms in total. The maximum atomic E-state index is 11.3. The summed E-state index contributed by atoms with van der Waals surface area (Å²) in [6, 6.07) is 15.2. The Kier molecular flexibility index (Phi) is 5.13. The van der Waals surface area contributed by atoms with Gasteiger partial charge in [0.25, 0.3) is 0 Å². The lowest BCUT2D eigenvalue weighted by Gasteiger charge is -2.46. The number of hydrogen-bond acceptors (Lipinski definition) is 5. The fourth-order valence-corrected chi connectivity index (χ4v) is 7.49. The van der Waals surface area contributed by atoms with E-state index < -0.39 is 6.35 Å². The van der Waals surface area contributed by atoms with E-state index in [-0.39, 0.29) is 11.0 Å². The number of aliphatic hydroxyl groups excluding tert-OH is 1. The largest absolute Gasteiger partial charge is 0.365 e. The Morgan fingerprint density at radius 2 is 1.87 bits per heavy atom. The van der Waals surface area contributed by atoms with Gasteiger partial charge in [-0.3, -0.25) is 14.9 Å². The van der Waals surface area contributed by atoms with Gasteiger partial charge in [0.05, 0.1) is 5.69 Å². The van der Waals surface area contributed by atoms with E-state index in [1.807, 2.05) is 6.20 Å². The summed E-state index contributed by atoms with van der Waals surface area (Å²) in [7, 11) is 0. The van der Waals surface area contributed by atoms with Gasteiger partial charge in [0.15, 0.2) is 6.35 Å². The second-order valence-electron chi connectivity index (χ2n) is 12.2. The molecule has 0 bridgehead atoms. The molecule has 38 heavy (non-hydrogen) atoms. The average Bonchev–Trinajstić information content (AvgIpc) is 3.66. The lowest BCUT2D eigenvalue weighted by molar-refractivity contribution is -0.0521. The van der Waals surface area contributed by atoms with E-state index in [0.29, 0.717) is 5.92 Å². The van der Waals surface area contributed by atoms with Gasteiger partial charge in [0.2, 0.25) is 0 Å². The summed E-state index contributed by atoms with van der Waals surface area (Å²) >= 11 is 0. The van der Waals surface area contributed by atoms with E-state index in [2.05, 4.69) is 68.5 Å². The number of benzene rings is 1. The van der Waals surface area contributed by atoms with Crippen LogP contribution in [0.4, 0.5) is 0 Å². The zero-order valence-electron chi connectivity index (χ0n) is 21.9. The number of H-pyrrole nitrogens is 1. The minimum absolute atomic E-state index is 0.0517. The highest BCUT2D eigenvalue weighted by atomic mass is 16.3. The van der Waals surface area contributed by atoms with Crippen LogP contribution in [0.25, 0.3) is 22.3 Å². The van der Waals surface area contributed by atoms with Crippen molar-refractivity contribution in [1.82, 2.24) is 30.0 Å². The summed E-state index contributed by atoms with van der Waals surface area (Å²) in [5, 5.41) is 21.3. The number of hydrogen-bond donors (Lipinski definition) is 3. The van der Waals surface area contributed by atoms with Crippen LogP contribution in [0.3, 0.4) is 0 Å². The van der Waals surface area contributed by atoms with E-state index in [4.69, 9.17) is 10.1 Å². The SMILES string of the molecule is OC(NC1(c2ccccc2)CCC1)N1CCC2(CCn3nc(-c4cnc5[nH]cc(C6CCC6)c5c4)cc32)C1. The van der Waals surface area contributed by atoms with Crippen LogP contribution in [0.5, 0.6) is 0 Å². The number of nitrogens with one attached hydrogen (secondary N) is 2. The van der Waals surface area contributed by atoms with Gasteiger partial charge in [-0.05, 0) is 74.1 Å². The molecule has 2 atom stereocenters. The Morgan fingerprint density at radius 1 is 1.03 bits per heavy atom. The van der Waals surface area contributed by atoms with Crippen LogP contribution in [-0.2, 0) is 17.5 Å². The second kappa shape index (κ2) is 8.50. The van der Waals surface area contributed by atoms with Crippen LogP contribution in [0.2, 0.25) is 0 Å². The van der Waals surface area contributed by atoms with Gasteiger partial charge in [0.1, 0.15) is 5.65 Å². The van der Waals surface area contributed by atoms with Crippen LogP contribution in [0, 0.1) is 0 Å². The zero-order valence-corrected chi connectivity index (χ0v) is 21.9. The Bertz CT molecular complexity index is 1480. The first-order valence-corrected chi connectivity index (χ1v) is 14.4. The number of nitrogens with zero attached hydrogens (tertiary/aromatic N) is 4. The number of likely N-dealkylation sites (tertiary alicyclic amines) is 1. The van der Waals surface area contributed by atoms with Gasteiger partial charge in [-0.25, -0.2) is 4.98 Å². The first-order valence-electron chi connectivity index (χ1n) is 14.4. The van der Waals surface area contributed by atoms with E-state index in [9.17, 15) is 5.11 Å². The molecule has 1 aromatic carbocycles. The van der Waals surface area contributed by atoms with Crippen molar-refractivity contribution in [3.05, 3.63) is 71.7 Å². The number of aryl methyl sites for hydroxylation is 1. The number of aromatic nitrogens is 4. The van der Waals surface area contributed by atoms with Crippen molar-refractivity contribution in [3.63, 3.8) is 0 Å². The van der Waals surface area contributed by atoms with Crippen LogP contribution in [0.15, 0.2) is 54.9 Å². The van der Waals surface area contributed by atoms with E-state index in [1.165, 1.54) is 47.9 Å². The minimum Gasteiger partial charge on any atom is -0.365 e. The predicted octanol–water partition coefficient (Wildman–Crippen LogP) is 4.99. The molecule has 1 spiro atoms. The summed E-state index contributed by atoms with van der Waals surface area (Å²) in [6.45, 7) is 2.69. The summed E-state index contributed by atoms with van der Waals surface area (Å²) < 4.78 is 2.21. The molecule has 3 N–H and O–H groups in total. The molecule has 8 rings (SSSR count). The molecular formula is C31H36N6O. The lowest BCUT2D eigenvalue weighted by atomic mass is 9.72. The molecule has 1 saturated heterocycles. The van der Waals surface area contributed by atoms with Gasteiger partial charge in [-0.2, -0.15) is 5.10 Å². The molecule has 196 valence electrons. The third-order valence-corrected chi connectivity index (χ3v) is 10.2. The maximum Gasteiger partial charge on any atom is 0.163 e. The molecule has 4 aliphatic rings. The van der Waals surface area contributed by atoms with E-state index in [0.717, 1.165) is 62.2 Å². The summed E-state index contributed by atoms with van der Waals surface area (Å²) in [5.74, 6) is 0.668. The zero-order chi connectivity index (χ0) is 25.3. The highest BCUT2D eigenvalue weighted by Crippen LogP contribution is 2.46. The topological polar surface area (TPSA) is 82.0 Å². The van der Waals surface area contributed by atoms with Crippen molar-refractivity contribution >= 4 is 11.0 Å². The first kappa shape index (κ1) is 22.9. The molecule has 0 radical (unpaired) electrons. The first-order chi connectivity index (χ1) is 18.6. The number of pyridine rings is 1. The standard InChI is InChI=1S/C31H36N6O/c38-29(34-31(10-5-11-31)23-8-2-1-3-9-23)36-14-12-30(20-36)13-15-37-27(30)17-26(35-37)22-16-24-25(21-6-4-7-21)19-33-28(24)32-18-22/h1-3,8-9,16-19,21,29,34,38H,4-7,10-15,20H2,(H,32,33). The lowest BCUT2D eigenvalue weighted by Crippen LogP contribution is -2.57. The van der Waals surface area contributed by atoms with Gasteiger partial charge in [0, 0.05) is 59.6 Å². The van der Waals surface area contributed by atoms with Gasteiger partial charge < -0.3 is 10.1 Å². The predicted molar refractivity (Wildman–Crippen MR) is 148 cm³/mol. The monoisotopic (exact) mass is 508 g/mol. The second-order valence-corrected chi connectivity index (χ2v) is 12.2. The smallest absolute Gasteiger partial charge is 0.163 e. The molecule has 2 aliphatic carbocycles. The van der Waals surface area contributed by atoms with Crippen molar-refractivity contribution in [2.24, 2.45) is 0 Å². The fraction of sp³-hybridized carbons (Fsp3) is 0.484. The van der Waals surface area contributed by atoms with Crippen molar-refractivity contribution in [2.45, 2.75) is 81.1 Å². The quantitative estimate of drug-likeness (QED) is 0.320. The van der Waals surface area contributed by atoms with Crippen molar-refractivity contribution in [1.29, 1.82) is 0 Å². The Hall–Kier alpha value is -3.00. The molecule has 3 aromatic heterocycles. The number of aromatic amines is 1. The van der Waals surface area contributed by atoms with Crippen molar-refractivity contribution < 1.29 is 5.11 Å². The maximum absolute atomic E-state index is 11.3. The number of aliphatic hydroxyl groups is 1. The molecule has 2 aliphatic heterocycles. The van der Waals surface area contributed by atoms with Crippen LogP contribution < -0.4 is 5.32 Å². The molecular weight excluding hydrogens is 472 g/mol. The Morgan fingerprint density at radius 3 is 2.63 bits per heavy atom.